The molecule has 1 aliphatic carbocycles. The van der Waals surface area contributed by atoms with Crippen molar-refractivity contribution >= 4 is 5.78 Å². The first-order valence-electron chi connectivity index (χ1n) is 4.51. The van der Waals surface area contributed by atoms with Crippen molar-refractivity contribution in [3.8, 4) is 0 Å². The minimum atomic E-state index is 0.262. The Morgan fingerprint density at radius 1 is 1.25 bits per heavy atom. The molecule has 1 fully saturated rings. The fourth-order valence-corrected chi connectivity index (χ4v) is 1.78. The molecule has 0 radical (unpaired) electrons. The molecule has 0 atom stereocenters. The topological polar surface area (TPSA) is 29.1 Å². The fourth-order valence-electron chi connectivity index (χ4n) is 1.78. The Labute approximate surface area is 72.3 Å². The van der Waals surface area contributed by atoms with E-state index >= 15 is 0 Å². The van der Waals surface area contributed by atoms with Crippen molar-refractivity contribution in [2.45, 2.75) is 19.3 Å². The van der Waals surface area contributed by atoms with E-state index in [1.807, 2.05) is 0 Å². The van der Waals surface area contributed by atoms with Crippen molar-refractivity contribution in [1.82, 2.24) is 5.32 Å². The average Bonchev–Trinajstić information content (AvgIpc) is 2.29. The molecule has 0 bridgehead atoms. The third-order valence-electron chi connectivity index (χ3n) is 2.41. The molecule has 64 valence electrons. The van der Waals surface area contributed by atoms with Crippen LogP contribution < -0.4 is 5.32 Å². The Kier molecular flexibility index (Phi) is 2.09. The first-order chi connectivity index (χ1) is 5.88. The average molecular weight is 163 g/mol. The van der Waals surface area contributed by atoms with E-state index < -0.39 is 0 Å². The Morgan fingerprint density at radius 2 is 2.08 bits per heavy atom. The van der Waals surface area contributed by atoms with Crippen molar-refractivity contribution in [1.29, 1.82) is 0 Å². The van der Waals surface area contributed by atoms with Crippen LogP contribution in [0.25, 0.3) is 0 Å². The largest absolute Gasteiger partial charge is 0.309 e. The molecule has 0 amide bonds. The van der Waals surface area contributed by atoms with Gasteiger partial charge in [0.05, 0.1) is 6.54 Å². The number of Topliss-reactive ketones (excluding diaryl/α,β-unsaturated/α-hetero) is 1. The van der Waals surface area contributed by atoms with Crippen LogP contribution >= 0.6 is 0 Å². The predicted molar refractivity (Wildman–Crippen MR) is 47.9 cm³/mol. The number of allylic oxidation sites excluding steroid dienone is 2. The fraction of sp³-hybridized carbons (Fsp3) is 0.500. The highest BCUT2D eigenvalue weighted by atomic mass is 16.1. The van der Waals surface area contributed by atoms with Gasteiger partial charge >= 0.3 is 0 Å². The summed E-state index contributed by atoms with van der Waals surface area (Å²) in [6.07, 6.45) is 7.44. The number of ketones is 1. The lowest BCUT2D eigenvalue weighted by Crippen LogP contribution is -2.21. The second-order valence-electron chi connectivity index (χ2n) is 3.27. The summed E-state index contributed by atoms with van der Waals surface area (Å²) >= 11 is 0. The second-order valence-corrected chi connectivity index (χ2v) is 3.27. The molecule has 0 aromatic heterocycles. The van der Waals surface area contributed by atoms with Gasteiger partial charge in [0.15, 0.2) is 5.78 Å². The van der Waals surface area contributed by atoms with Gasteiger partial charge in [-0.15, -0.1) is 0 Å². The normalized spacial score (nSPS) is 23.8. The van der Waals surface area contributed by atoms with Gasteiger partial charge in [-0.2, -0.15) is 0 Å². The number of rotatable bonds is 0. The molecule has 1 heterocycles. The molecule has 1 N–H and O–H groups in total. The van der Waals surface area contributed by atoms with E-state index in [0.717, 1.165) is 31.4 Å². The summed E-state index contributed by atoms with van der Waals surface area (Å²) in [6.45, 7) is 1.46. The maximum absolute atomic E-state index is 11.5. The standard InChI is InChI=1S/C10H13NO/c12-10-7-11-6-5-8-3-1-2-4-9(8)10/h3-4,11H,1-2,5-7H2. The Balaban J connectivity index is 2.29. The van der Waals surface area contributed by atoms with E-state index in [4.69, 9.17) is 0 Å². The van der Waals surface area contributed by atoms with Crippen LogP contribution in [0.4, 0.5) is 0 Å². The first-order valence-corrected chi connectivity index (χ1v) is 4.51. The van der Waals surface area contributed by atoms with Crippen molar-refractivity contribution in [2.75, 3.05) is 13.1 Å². The summed E-state index contributed by atoms with van der Waals surface area (Å²) in [5, 5.41) is 3.12. The van der Waals surface area contributed by atoms with Crippen molar-refractivity contribution in [3.05, 3.63) is 23.3 Å². The van der Waals surface area contributed by atoms with Crippen LogP contribution in [0, 0.1) is 0 Å². The maximum Gasteiger partial charge on any atom is 0.176 e. The number of hydrogen-bond acceptors (Lipinski definition) is 2. The van der Waals surface area contributed by atoms with E-state index in [2.05, 4.69) is 17.5 Å². The van der Waals surface area contributed by atoms with Crippen molar-refractivity contribution in [2.24, 2.45) is 0 Å². The van der Waals surface area contributed by atoms with Gasteiger partial charge in [0, 0.05) is 5.57 Å². The molecule has 2 aliphatic rings. The zero-order valence-corrected chi connectivity index (χ0v) is 7.10. The minimum Gasteiger partial charge on any atom is -0.309 e. The molecule has 2 nitrogen and oxygen atoms in total. The van der Waals surface area contributed by atoms with Crippen LogP contribution in [0.3, 0.4) is 0 Å². The van der Waals surface area contributed by atoms with Gasteiger partial charge in [-0.25, -0.2) is 0 Å². The van der Waals surface area contributed by atoms with Crippen LogP contribution in [0.5, 0.6) is 0 Å². The smallest absolute Gasteiger partial charge is 0.176 e. The Hall–Kier alpha value is -0.890. The SMILES string of the molecule is O=C1CNCCC2=CCCC=C12. The van der Waals surface area contributed by atoms with Crippen molar-refractivity contribution in [3.63, 3.8) is 0 Å². The van der Waals surface area contributed by atoms with E-state index in [9.17, 15) is 4.79 Å². The van der Waals surface area contributed by atoms with Gasteiger partial charge in [-0.05, 0) is 31.4 Å². The lowest BCUT2D eigenvalue weighted by Gasteiger charge is -2.10. The molecule has 2 heteroatoms. The van der Waals surface area contributed by atoms with E-state index in [-0.39, 0.29) is 5.78 Å². The van der Waals surface area contributed by atoms with Gasteiger partial charge < -0.3 is 5.32 Å². The van der Waals surface area contributed by atoms with Crippen molar-refractivity contribution < 1.29 is 4.79 Å². The molecule has 0 unspecified atom stereocenters. The minimum absolute atomic E-state index is 0.262. The van der Waals surface area contributed by atoms with Gasteiger partial charge in [0.2, 0.25) is 0 Å². The Bertz CT molecular complexity index is 263. The van der Waals surface area contributed by atoms with Crippen LogP contribution in [0.1, 0.15) is 19.3 Å². The summed E-state index contributed by atoms with van der Waals surface area (Å²) in [7, 11) is 0. The number of fused-ring (bicyclic) bond motifs is 1. The van der Waals surface area contributed by atoms with E-state index in [0.29, 0.717) is 6.54 Å². The summed E-state index contributed by atoms with van der Waals surface area (Å²) in [4.78, 5) is 11.5. The first kappa shape index (κ1) is 7.74. The summed E-state index contributed by atoms with van der Waals surface area (Å²) in [6, 6.07) is 0. The predicted octanol–water partition coefficient (Wildman–Crippen LogP) is 1.20. The lowest BCUT2D eigenvalue weighted by molar-refractivity contribution is -0.114. The third-order valence-corrected chi connectivity index (χ3v) is 2.41. The molecule has 0 spiro atoms. The van der Waals surface area contributed by atoms with Crippen LogP contribution in [-0.2, 0) is 4.79 Å². The highest BCUT2D eigenvalue weighted by Crippen LogP contribution is 2.23. The molecule has 2 rings (SSSR count). The Morgan fingerprint density at radius 3 is 3.00 bits per heavy atom. The molecule has 0 saturated carbocycles. The zero-order chi connectivity index (χ0) is 8.39. The van der Waals surface area contributed by atoms with Crippen LogP contribution in [0.15, 0.2) is 23.3 Å². The maximum atomic E-state index is 11.5. The van der Waals surface area contributed by atoms with Gasteiger partial charge in [0.25, 0.3) is 0 Å². The monoisotopic (exact) mass is 163 g/mol. The van der Waals surface area contributed by atoms with Crippen LogP contribution in [0.2, 0.25) is 0 Å². The zero-order valence-electron chi connectivity index (χ0n) is 7.10. The third kappa shape index (κ3) is 1.34. The molecule has 12 heavy (non-hydrogen) atoms. The number of nitrogens with one attached hydrogen (secondary N) is 1. The molecule has 0 aromatic carbocycles. The highest BCUT2D eigenvalue weighted by Gasteiger charge is 2.18. The molecular formula is C10H13NO. The van der Waals surface area contributed by atoms with E-state index in [1.165, 1.54) is 5.57 Å². The van der Waals surface area contributed by atoms with Gasteiger partial charge in [0.1, 0.15) is 0 Å². The van der Waals surface area contributed by atoms with E-state index in [1.54, 1.807) is 0 Å². The molecule has 0 aromatic rings. The molecular weight excluding hydrogens is 150 g/mol. The summed E-state index contributed by atoms with van der Waals surface area (Å²) < 4.78 is 0. The molecule has 1 saturated heterocycles. The lowest BCUT2D eigenvalue weighted by atomic mass is 9.93. The summed E-state index contributed by atoms with van der Waals surface area (Å²) in [5.41, 5.74) is 2.24. The summed E-state index contributed by atoms with van der Waals surface area (Å²) in [5.74, 6) is 0.262. The van der Waals surface area contributed by atoms with Crippen LogP contribution in [-0.4, -0.2) is 18.9 Å². The number of carbonyl (C=O) groups excluding carboxylic acids is 1. The van der Waals surface area contributed by atoms with Gasteiger partial charge in [-0.1, -0.05) is 12.2 Å². The number of hydrogen-bond donors (Lipinski definition) is 1. The molecule has 1 aliphatic heterocycles. The second kappa shape index (κ2) is 3.23. The highest BCUT2D eigenvalue weighted by molar-refractivity contribution is 6.01. The quantitative estimate of drug-likeness (QED) is 0.581. The van der Waals surface area contributed by atoms with Gasteiger partial charge in [-0.3, -0.25) is 4.79 Å². The number of carbonyl (C=O) groups is 1.